The molecular formula is C33H43N5O3. The molecule has 2 saturated heterocycles. The zero-order chi connectivity index (χ0) is 28.0. The molecule has 2 N–H and O–H groups in total. The molecule has 0 radical (unpaired) electrons. The van der Waals surface area contributed by atoms with Crippen LogP contribution in [0.1, 0.15) is 79.3 Å². The second-order valence-corrected chi connectivity index (χ2v) is 13.6. The lowest BCUT2D eigenvalue weighted by atomic mass is 9.53. The number of carbonyl (C=O) groups is 3. The third-order valence-corrected chi connectivity index (χ3v) is 10.8. The maximum atomic E-state index is 13.1. The number of imide groups is 1. The molecule has 0 spiro atoms. The molecule has 41 heavy (non-hydrogen) atoms. The van der Waals surface area contributed by atoms with Crippen LogP contribution < -0.4 is 10.6 Å². The number of benzene rings is 1. The van der Waals surface area contributed by atoms with Gasteiger partial charge in [0.25, 0.3) is 5.91 Å². The highest BCUT2D eigenvalue weighted by Crippen LogP contribution is 2.55. The first-order valence-corrected chi connectivity index (χ1v) is 15.9. The van der Waals surface area contributed by atoms with Crippen LogP contribution in [0.5, 0.6) is 0 Å². The summed E-state index contributed by atoms with van der Waals surface area (Å²) in [6.07, 6.45) is 10.5. The van der Waals surface area contributed by atoms with Crippen molar-refractivity contribution >= 4 is 17.7 Å². The molecule has 4 saturated carbocycles. The van der Waals surface area contributed by atoms with Crippen LogP contribution in [0.2, 0.25) is 0 Å². The fourth-order valence-corrected chi connectivity index (χ4v) is 9.16. The van der Waals surface area contributed by atoms with Crippen molar-refractivity contribution in [1.82, 2.24) is 25.3 Å². The van der Waals surface area contributed by atoms with E-state index in [9.17, 15) is 14.4 Å². The van der Waals surface area contributed by atoms with Gasteiger partial charge in [-0.3, -0.25) is 24.6 Å². The van der Waals surface area contributed by atoms with Crippen LogP contribution in [0.25, 0.3) is 0 Å². The van der Waals surface area contributed by atoms with E-state index in [1.807, 2.05) is 18.2 Å². The van der Waals surface area contributed by atoms with Gasteiger partial charge in [-0.2, -0.15) is 0 Å². The van der Waals surface area contributed by atoms with Gasteiger partial charge < -0.3 is 15.1 Å². The number of piperidine rings is 1. The van der Waals surface area contributed by atoms with Gasteiger partial charge in [0.05, 0.1) is 6.54 Å². The maximum Gasteiger partial charge on any atom is 0.255 e. The van der Waals surface area contributed by atoms with Crippen LogP contribution in [0, 0.1) is 29.6 Å². The van der Waals surface area contributed by atoms with E-state index in [2.05, 4.69) is 32.3 Å². The third-order valence-electron chi connectivity index (χ3n) is 10.8. The summed E-state index contributed by atoms with van der Waals surface area (Å²) in [5.41, 5.74) is 2.82. The van der Waals surface area contributed by atoms with E-state index in [0.717, 1.165) is 74.6 Å². The molecule has 1 unspecified atom stereocenters. The van der Waals surface area contributed by atoms with Gasteiger partial charge in [0.15, 0.2) is 0 Å². The number of hydrogen-bond acceptors (Lipinski definition) is 6. The molecule has 1 aromatic rings. The van der Waals surface area contributed by atoms with E-state index in [4.69, 9.17) is 0 Å². The van der Waals surface area contributed by atoms with Crippen LogP contribution in [0.4, 0.5) is 0 Å². The quantitative estimate of drug-likeness (QED) is 0.413. The minimum atomic E-state index is -0.601. The topological polar surface area (TPSA) is 85.0 Å². The van der Waals surface area contributed by atoms with Gasteiger partial charge in [0, 0.05) is 62.4 Å². The monoisotopic (exact) mass is 557 g/mol. The predicted octanol–water partition coefficient (Wildman–Crippen LogP) is 2.37. The molecule has 3 aliphatic heterocycles. The van der Waals surface area contributed by atoms with Crippen LogP contribution in [-0.4, -0.2) is 89.8 Å². The standard InChI is InChI=1S/C33H43N5O3/c39-30-8-7-29(31(40)35-30)38-22-28-26(4-1-6-27(28)32(38)41)5-2-10-36-11-3-12-37(15-14-36)13-9-34-33-19-23-16-24(20-33)18-25(17-23)21-33/h1,4,6,23-25,29,34H,3,7-22H2,(H,35,39,40). The number of nitrogens with one attached hydrogen (secondary N) is 2. The van der Waals surface area contributed by atoms with Crippen LogP contribution in [0.3, 0.4) is 0 Å². The molecule has 4 aliphatic carbocycles. The van der Waals surface area contributed by atoms with E-state index in [-0.39, 0.29) is 24.1 Å². The molecule has 1 aromatic carbocycles. The second kappa shape index (κ2) is 11.2. The van der Waals surface area contributed by atoms with Gasteiger partial charge in [-0.05, 0) is 93.4 Å². The SMILES string of the molecule is O=C1CCC(N2Cc3c(C#CCN4CCCN(CCNC56CC7CC(CC(C7)C5)C6)CC4)cccc3C2=O)C(=O)N1. The summed E-state index contributed by atoms with van der Waals surface area (Å²) in [6.45, 7) is 7.64. The summed E-state index contributed by atoms with van der Waals surface area (Å²) in [7, 11) is 0. The fourth-order valence-electron chi connectivity index (χ4n) is 9.16. The van der Waals surface area contributed by atoms with Crippen molar-refractivity contribution in [2.24, 2.45) is 17.8 Å². The summed E-state index contributed by atoms with van der Waals surface area (Å²) in [5.74, 6) is 8.88. The average Bonchev–Trinajstić information content (AvgIpc) is 3.10. The Morgan fingerprint density at radius 3 is 2.44 bits per heavy atom. The number of fused-ring (bicyclic) bond motifs is 1. The minimum absolute atomic E-state index is 0.150. The van der Waals surface area contributed by atoms with Crippen LogP contribution in [-0.2, 0) is 16.1 Å². The number of amides is 3. The van der Waals surface area contributed by atoms with Gasteiger partial charge in [0.2, 0.25) is 11.8 Å². The Hall–Kier alpha value is -2.73. The Morgan fingerprint density at radius 1 is 0.951 bits per heavy atom. The van der Waals surface area contributed by atoms with Gasteiger partial charge >= 0.3 is 0 Å². The number of rotatable bonds is 6. The van der Waals surface area contributed by atoms with Gasteiger partial charge in [-0.25, -0.2) is 0 Å². The lowest BCUT2D eigenvalue weighted by Gasteiger charge is -2.57. The second-order valence-electron chi connectivity index (χ2n) is 13.6. The van der Waals surface area contributed by atoms with Crippen molar-refractivity contribution in [2.45, 2.75) is 75.9 Å². The molecule has 3 heterocycles. The number of carbonyl (C=O) groups excluding carboxylic acids is 3. The Balaban J connectivity index is 0.903. The lowest BCUT2D eigenvalue weighted by Crippen LogP contribution is -2.59. The molecule has 6 fully saturated rings. The van der Waals surface area contributed by atoms with Crippen molar-refractivity contribution < 1.29 is 14.4 Å². The predicted molar refractivity (Wildman–Crippen MR) is 156 cm³/mol. The first-order chi connectivity index (χ1) is 19.9. The molecule has 8 rings (SSSR count). The van der Waals surface area contributed by atoms with Crippen molar-refractivity contribution in [2.75, 3.05) is 45.8 Å². The molecular weight excluding hydrogens is 514 g/mol. The molecule has 7 aliphatic rings. The Kier molecular flexibility index (Phi) is 7.39. The Morgan fingerprint density at radius 2 is 1.68 bits per heavy atom. The number of hydrogen-bond donors (Lipinski definition) is 2. The van der Waals surface area contributed by atoms with E-state index in [1.165, 1.54) is 38.5 Å². The van der Waals surface area contributed by atoms with E-state index in [0.29, 0.717) is 30.6 Å². The van der Waals surface area contributed by atoms with Crippen molar-refractivity contribution in [3.8, 4) is 11.8 Å². The molecule has 218 valence electrons. The summed E-state index contributed by atoms with van der Waals surface area (Å²) in [5, 5.41) is 6.44. The lowest BCUT2D eigenvalue weighted by molar-refractivity contribution is -0.136. The van der Waals surface area contributed by atoms with Crippen LogP contribution >= 0.6 is 0 Å². The Labute approximate surface area is 243 Å². The summed E-state index contributed by atoms with van der Waals surface area (Å²) >= 11 is 0. The molecule has 0 aromatic heterocycles. The van der Waals surface area contributed by atoms with Gasteiger partial charge in [-0.1, -0.05) is 17.9 Å². The highest BCUT2D eigenvalue weighted by atomic mass is 16.2. The highest BCUT2D eigenvalue weighted by molar-refractivity contribution is 6.05. The first kappa shape index (κ1) is 27.1. The highest BCUT2D eigenvalue weighted by Gasteiger charge is 2.50. The Bertz CT molecular complexity index is 1250. The van der Waals surface area contributed by atoms with Gasteiger partial charge in [0.1, 0.15) is 6.04 Å². The molecule has 3 amide bonds. The third kappa shape index (κ3) is 5.57. The largest absolute Gasteiger partial charge is 0.322 e. The van der Waals surface area contributed by atoms with E-state index < -0.39 is 6.04 Å². The molecule has 4 bridgehead atoms. The maximum absolute atomic E-state index is 13.1. The molecule has 8 nitrogen and oxygen atoms in total. The van der Waals surface area contributed by atoms with Crippen molar-refractivity contribution in [1.29, 1.82) is 0 Å². The molecule has 1 atom stereocenters. The summed E-state index contributed by atoms with van der Waals surface area (Å²) in [6, 6.07) is 5.05. The van der Waals surface area contributed by atoms with E-state index in [1.54, 1.807) is 4.90 Å². The first-order valence-electron chi connectivity index (χ1n) is 15.9. The van der Waals surface area contributed by atoms with Crippen molar-refractivity contribution in [3.05, 3.63) is 34.9 Å². The smallest absolute Gasteiger partial charge is 0.255 e. The fraction of sp³-hybridized carbons (Fsp3) is 0.667. The van der Waals surface area contributed by atoms with E-state index >= 15 is 0 Å². The molecule has 8 heteroatoms. The zero-order valence-electron chi connectivity index (χ0n) is 24.1. The normalized spacial score (nSPS) is 33.4. The van der Waals surface area contributed by atoms with Crippen molar-refractivity contribution in [3.63, 3.8) is 0 Å². The number of nitrogens with zero attached hydrogens (tertiary/aromatic N) is 3. The average molecular weight is 558 g/mol. The van der Waals surface area contributed by atoms with Crippen LogP contribution in [0.15, 0.2) is 18.2 Å². The minimum Gasteiger partial charge on any atom is -0.322 e. The van der Waals surface area contributed by atoms with Gasteiger partial charge in [-0.15, -0.1) is 0 Å². The summed E-state index contributed by atoms with van der Waals surface area (Å²) in [4.78, 5) is 43.7. The summed E-state index contributed by atoms with van der Waals surface area (Å²) < 4.78 is 0. The zero-order valence-corrected chi connectivity index (χ0v) is 24.1.